The summed E-state index contributed by atoms with van der Waals surface area (Å²) in [5, 5.41) is 16.1. The van der Waals surface area contributed by atoms with Crippen LogP contribution in [0.5, 0.6) is 0 Å². The highest BCUT2D eigenvalue weighted by molar-refractivity contribution is 6.22. The Morgan fingerprint density at radius 1 is 0.186 bits per heavy atom. The molecule has 0 bridgehead atoms. The number of oxazole rings is 3. The Morgan fingerprint density at radius 2 is 0.510 bits per heavy atom. The number of rotatable bonds is 16. The largest absolute Gasteiger partial charge is 0.436 e. The summed E-state index contributed by atoms with van der Waals surface area (Å²) in [6.45, 7) is 4.68. The molecule has 0 amide bonds. The molecule has 1 aliphatic carbocycles. The number of fused-ring (bicyclic) bond motifs is 19. The number of anilines is 9. The van der Waals surface area contributed by atoms with Gasteiger partial charge in [-0.1, -0.05) is 360 Å². The molecule has 0 fully saturated rings. The van der Waals surface area contributed by atoms with Crippen molar-refractivity contribution in [1.82, 2.24) is 15.0 Å². The Kier molecular flexibility index (Phi) is 21.8. The maximum atomic E-state index is 6.58. The summed E-state index contributed by atoms with van der Waals surface area (Å²) in [5.74, 6) is 1.91. The number of benzene rings is 24. The van der Waals surface area contributed by atoms with Crippen molar-refractivity contribution < 1.29 is 13.3 Å². The molecule has 9 heteroatoms. The van der Waals surface area contributed by atoms with Crippen LogP contribution in [0.2, 0.25) is 0 Å². The molecule has 0 radical (unpaired) electrons. The maximum Gasteiger partial charge on any atom is 0.227 e. The van der Waals surface area contributed by atoms with Gasteiger partial charge in [0.05, 0.1) is 0 Å². The van der Waals surface area contributed by atoms with E-state index in [2.05, 4.69) is 435 Å². The first kappa shape index (κ1) is 86.3. The summed E-state index contributed by atoms with van der Waals surface area (Å²) in [6, 6.07) is 185. The molecule has 3 heterocycles. The summed E-state index contributed by atoms with van der Waals surface area (Å²) in [4.78, 5) is 21.7. The molecule has 3 aromatic heterocycles. The van der Waals surface area contributed by atoms with Gasteiger partial charge in [-0.2, -0.15) is 0 Å². The van der Waals surface area contributed by atoms with E-state index in [0.717, 1.165) is 172 Å². The number of aromatic nitrogens is 3. The molecule has 145 heavy (non-hydrogen) atoms. The summed E-state index contributed by atoms with van der Waals surface area (Å²) in [6.07, 6.45) is 0. The summed E-state index contributed by atoms with van der Waals surface area (Å²) in [7, 11) is 0. The van der Waals surface area contributed by atoms with E-state index in [1.165, 1.54) is 71.6 Å². The molecule has 0 spiro atoms. The first-order chi connectivity index (χ1) is 71.6. The van der Waals surface area contributed by atoms with Gasteiger partial charge in [-0.3, -0.25) is 0 Å². The highest BCUT2D eigenvalue weighted by atomic mass is 16.4. The molecule has 24 aromatic carbocycles. The van der Waals surface area contributed by atoms with Crippen LogP contribution >= 0.6 is 0 Å². The number of hydrogen-bond acceptors (Lipinski definition) is 9. The van der Waals surface area contributed by atoms with Gasteiger partial charge in [-0.15, -0.1) is 0 Å². The van der Waals surface area contributed by atoms with E-state index in [1.54, 1.807) is 0 Å². The molecule has 0 aliphatic heterocycles. The molecule has 27 aromatic rings. The van der Waals surface area contributed by atoms with Crippen molar-refractivity contribution in [3.63, 3.8) is 0 Å². The molecule has 28 rings (SSSR count). The fourth-order valence-corrected chi connectivity index (χ4v) is 21.3. The highest BCUT2D eigenvalue weighted by Crippen LogP contribution is 2.53. The fourth-order valence-electron chi connectivity index (χ4n) is 21.3. The molecule has 1 aliphatic rings. The van der Waals surface area contributed by atoms with Crippen molar-refractivity contribution >= 4 is 160 Å². The fraction of sp³-hybridized carbons (Fsp3) is 0.0221. The lowest BCUT2D eigenvalue weighted by Crippen LogP contribution is -2.16. The minimum Gasteiger partial charge on any atom is -0.436 e. The monoisotopic (exact) mass is 1860 g/mol. The topological polar surface area (TPSA) is 87.8 Å². The lowest BCUT2D eigenvalue weighted by Gasteiger charge is -2.28. The van der Waals surface area contributed by atoms with Gasteiger partial charge in [-0.05, 0) is 302 Å². The first-order valence-corrected chi connectivity index (χ1v) is 49.3. The lowest BCUT2D eigenvalue weighted by atomic mass is 9.82. The smallest absolute Gasteiger partial charge is 0.227 e. The van der Waals surface area contributed by atoms with E-state index in [-0.39, 0.29) is 5.41 Å². The molecule has 684 valence electrons. The SMILES string of the molecule is CC1(C)c2ccccc2-c2ccc(N(c3ccc(-c4ccccc4)cc3)c3ccc4ccc5ccc6nc(-c7ccccc7)oc6c5c4c3)cc21.c1ccc(-c2ccc(N(c3ccc(-c4ccc5c(ccc6ccc7oc(-c8ccccc8)nc7c65)c4)cc3)c3ccc4ccccc4c3)cc2)cc1.c1ccc(-c2nc3ccc4ccc5ccc(-c6ccc(N(c7ccccc7)c7ccccc7)cc6)cc5c4c3o2)cc1. The van der Waals surface area contributed by atoms with Gasteiger partial charge < -0.3 is 28.0 Å². The van der Waals surface area contributed by atoms with Crippen LogP contribution in [-0.4, -0.2) is 15.0 Å². The molecular weight excluding hydrogens is 1770 g/mol. The van der Waals surface area contributed by atoms with Crippen molar-refractivity contribution in [2.45, 2.75) is 19.3 Å². The summed E-state index contributed by atoms with van der Waals surface area (Å²) in [5.41, 5.74) is 32.6. The van der Waals surface area contributed by atoms with Crippen LogP contribution in [-0.2, 0) is 5.41 Å². The summed E-state index contributed by atoms with van der Waals surface area (Å²) < 4.78 is 19.2. The van der Waals surface area contributed by atoms with Gasteiger partial charge >= 0.3 is 0 Å². The average molecular weight is 1860 g/mol. The standard InChI is InChI=1S/C49H32N2O.C48H34N2O.C39H26N2O/c1-3-9-33(10-4-1)35-17-24-42(25-18-35)51(44-28-21-34-11-7-8-14-39(34)32-44)43-26-19-36(20-27-43)40-22-29-45-41(31-40)16-15-37-23-30-46-48(47(37)45)50-49(52-46)38-12-5-2-6-13-38;1-48(2)42-16-10-9-15-39(42)40-27-26-38(30-43(40)48)50(36-23-19-32(20-24-36)31-11-5-3-6-12-31)37-25-21-33-17-18-34-22-28-44-46(45(34)41(33)29-37)51-47(49-44)35-13-7-4-8-14-35;1-4-10-30(11-5-1)39-40-36-25-22-29-18-16-28-17-19-31(26-35(28)37(29)38(36)42-39)27-20-23-34(24-21-27)41(32-12-6-2-7-13-32)33-14-8-3-9-15-33/h1-32H;3-30H,1-2H3;1-26H. The zero-order chi connectivity index (χ0) is 96.4. The minimum atomic E-state index is -0.112. The van der Waals surface area contributed by atoms with Crippen LogP contribution in [0.25, 0.3) is 199 Å². The van der Waals surface area contributed by atoms with E-state index in [0.29, 0.717) is 17.7 Å². The van der Waals surface area contributed by atoms with Gasteiger partial charge in [0.1, 0.15) is 16.6 Å². The number of nitrogens with zero attached hydrogens (tertiary/aromatic N) is 6. The van der Waals surface area contributed by atoms with E-state index in [4.69, 9.17) is 28.2 Å². The Balaban J connectivity index is 0.000000111. The maximum absolute atomic E-state index is 6.58. The van der Waals surface area contributed by atoms with E-state index in [9.17, 15) is 0 Å². The van der Waals surface area contributed by atoms with Crippen LogP contribution in [0.3, 0.4) is 0 Å². The Labute approximate surface area is 839 Å². The van der Waals surface area contributed by atoms with Gasteiger partial charge in [0, 0.05) is 89.5 Å². The minimum absolute atomic E-state index is 0.112. The molecule has 0 N–H and O–H groups in total. The second-order valence-corrected chi connectivity index (χ2v) is 37.7. The van der Waals surface area contributed by atoms with Crippen molar-refractivity contribution in [2.24, 2.45) is 0 Å². The second-order valence-electron chi connectivity index (χ2n) is 37.7. The lowest BCUT2D eigenvalue weighted by molar-refractivity contribution is 0.620. The third-order valence-electron chi connectivity index (χ3n) is 28.6. The Bertz CT molecular complexity index is 9520. The zero-order valence-corrected chi connectivity index (χ0v) is 79.6. The third kappa shape index (κ3) is 16.1. The third-order valence-corrected chi connectivity index (χ3v) is 28.6. The van der Waals surface area contributed by atoms with E-state index < -0.39 is 0 Å². The summed E-state index contributed by atoms with van der Waals surface area (Å²) >= 11 is 0. The van der Waals surface area contributed by atoms with Crippen molar-refractivity contribution in [2.75, 3.05) is 14.7 Å². The van der Waals surface area contributed by atoms with Gasteiger partial charge in [0.25, 0.3) is 0 Å². The predicted octanol–water partition coefficient (Wildman–Crippen LogP) is 37.9. The molecule has 0 saturated carbocycles. The quantitative estimate of drug-likeness (QED) is 0.0878. The Morgan fingerprint density at radius 3 is 1.03 bits per heavy atom. The van der Waals surface area contributed by atoms with Crippen LogP contribution in [0.4, 0.5) is 51.2 Å². The molecule has 9 nitrogen and oxygen atoms in total. The van der Waals surface area contributed by atoms with Crippen LogP contribution < -0.4 is 14.7 Å². The van der Waals surface area contributed by atoms with Gasteiger partial charge in [0.2, 0.25) is 17.7 Å². The van der Waals surface area contributed by atoms with E-state index in [1.807, 2.05) is 115 Å². The molecule has 0 atom stereocenters. The molecular formula is C136H92N6O3. The van der Waals surface area contributed by atoms with Gasteiger partial charge in [-0.25, -0.2) is 15.0 Å². The van der Waals surface area contributed by atoms with Crippen LogP contribution in [0.1, 0.15) is 25.0 Å². The molecule has 0 unspecified atom stereocenters. The van der Waals surface area contributed by atoms with E-state index >= 15 is 0 Å². The van der Waals surface area contributed by atoms with Crippen LogP contribution in [0, 0.1) is 0 Å². The Hall–Kier alpha value is -19.1. The number of hydrogen-bond donors (Lipinski definition) is 0. The van der Waals surface area contributed by atoms with Crippen molar-refractivity contribution in [3.8, 4) is 90.0 Å². The first-order valence-electron chi connectivity index (χ1n) is 49.3. The highest BCUT2D eigenvalue weighted by Gasteiger charge is 2.36. The average Bonchev–Trinajstić information content (AvgIpc) is 1.57. The predicted molar refractivity (Wildman–Crippen MR) is 604 cm³/mol. The molecule has 0 saturated heterocycles. The second kappa shape index (κ2) is 36.6. The van der Waals surface area contributed by atoms with Crippen LogP contribution in [0.15, 0.2) is 535 Å². The van der Waals surface area contributed by atoms with Crippen molar-refractivity contribution in [1.29, 1.82) is 0 Å². The normalized spacial score (nSPS) is 12.0. The van der Waals surface area contributed by atoms with Crippen molar-refractivity contribution in [3.05, 3.63) is 533 Å². The zero-order valence-electron chi connectivity index (χ0n) is 79.6. The number of para-hydroxylation sites is 2. The van der Waals surface area contributed by atoms with Gasteiger partial charge in [0.15, 0.2) is 16.7 Å².